The van der Waals surface area contributed by atoms with Gasteiger partial charge in [0.1, 0.15) is 19.0 Å². The molecule has 0 saturated carbocycles. The van der Waals surface area contributed by atoms with Crippen LogP contribution in [0.2, 0.25) is 0 Å². The van der Waals surface area contributed by atoms with Crippen LogP contribution in [-0.4, -0.2) is 37.3 Å². The van der Waals surface area contributed by atoms with Crippen LogP contribution in [0.4, 0.5) is 5.69 Å². The van der Waals surface area contributed by atoms with Gasteiger partial charge < -0.3 is 24.3 Å². The van der Waals surface area contributed by atoms with Gasteiger partial charge in [-0.05, 0) is 50.2 Å². The van der Waals surface area contributed by atoms with Crippen molar-refractivity contribution in [2.24, 2.45) is 0 Å². The van der Waals surface area contributed by atoms with Crippen molar-refractivity contribution in [1.82, 2.24) is 0 Å². The van der Waals surface area contributed by atoms with Gasteiger partial charge in [-0.25, -0.2) is 4.79 Å². The van der Waals surface area contributed by atoms with Crippen molar-refractivity contribution >= 4 is 17.6 Å². The lowest BCUT2D eigenvalue weighted by atomic mass is 10.2. The van der Waals surface area contributed by atoms with Crippen LogP contribution in [0.1, 0.15) is 19.4 Å². The molecule has 0 aromatic heterocycles. The fraction of sp³-hybridized carbons (Fsp3) is 0.286. The first-order valence-electron chi connectivity index (χ1n) is 9.04. The molecular weight excluding hydrogens is 376 g/mol. The number of carbonyl (C=O) groups excluding carboxylic acids is 2. The maximum absolute atomic E-state index is 12.3. The molecule has 8 heteroatoms. The lowest BCUT2D eigenvalue weighted by molar-refractivity contribution is -0.159. The third-order valence-corrected chi connectivity index (χ3v) is 4.10. The molecule has 1 amide bonds. The number of nitrogens with one attached hydrogen (secondary N) is 1. The Labute approximate surface area is 167 Å². The SMILES string of the molecule is C[C@@H](OC(=O)[C@@H](C)Oc1ccc(C#N)cc1)C(=O)Nc1ccc2c(c1)OCCO2. The van der Waals surface area contributed by atoms with Crippen LogP contribution in [0.5, 0.6) is 17.2 Å². The number of hydrogen-bond acceptors (Lipinski definition) is 7. The number of ether oxygens (including phenoxy) is 4. The van der Waals surface area contributed by atoms with E-state index in [0.717, 1.165) is 0 Å². The summed E-state index contributed by atoms with van der Waals surface area (Å²) in [5, 5.41) is 11.5. The van der Waals surface area contributed by atoms with Crippen molar-refractivity contribution in [3.63, 3.8) is 0 Å². The number of nitrogens with zero attached hydrogens (tertiary/aromatic N) is 1. The summed E-state index contributed by atoms with van der Waals surface area (Å²) < 4.78 is 21.6. The molecule has 150 valence electrons. The number of anilines is 1. The second-order valence-corrected chi connectivity index (χ2v) is 6.32. The number of nitriles is 1. The summed E-state index contributed by atoms with van der Waals surface area (Å²) in [6, 6.07) is 13.4. The van der Waals surface area contributed by atoms with E-state index in [0.29, 0.717) is 41.7 Å². The monoisotopic (exact) mass is 396 g/mol. The second-order valence-electron chi connectivity index (χ2n) is 6.32. The maximum atomic E-state index is 12.3. The van der Waals surface area contributed by atoms with Crippen molar-refractivity contribution in [3.8, 4) is 23.3 Å². The largest absolute Gasteiger partial charge is 0.486 e. The summed E-state index contributed by atoms with van der Waals surface area (Å²) in [6.45, 7) is 3.91. The van der Waals surface area contributed by atoms with E-state index in [1.165, 1.54) is 13.8 Å². The molecule has 2 aromatic rings. The fourth-order valence-electron chi connectivity index (χ4n) is 2.55. The minimum absolute atomic E-state index is 0.418. The van der Waals surface area contributed by atoms with E-state index in [9.17, 15) is 9.59 Å². The number of fused-ring (bicyclic) bond motifs is 1. The Morgan fingerprint density at radius 3 is 2.41 bits per heavy atom. The van der Waals surface area contributed by atoms with E-state index in [2.05, 4.69) is 5.32 Å². The lowest BCUT2D eigenvalue weighted by Crippen LogP contribution is -2.35. The van der Waals surface area contributed by atoms with Crippen molar-refractivity contribution in [2.75, 3.05) is 18.5 Å². The minimum Gasteiger partial charge on any atom is -0.486 e. The highest BCUT2D eigenvalue weighted by Crippen LogP contribution is 2.32. The van der Waals surface area contributed by atoms with E-state index in [1.54, 1.807) is 42.5 Å². The molecule has 1 aliphatic rings. The molecule has 29 heavy (non-hydrogen) atoms. The van der Waals surface area contributed by atoms with E-state index in [-0.39, 0.29) is 0 Å². The van der Waals surface area contributed by atoms with Gasteiger partial charge in [0.2, 0.25) is 0 Å². The van der Waals surface area contributed by atoms with Crippen molar-refractivity contribution in [3.05, 3.63) is 48.0 Å². The van der Waals surface area contributed by atoms with E-state index < -0.39 is 24.1 Å². The molecule has 0 bridgehead atoms. The molecule has 1 N–H and O–H groups in total. The van der Waals surface area contributed by atoms with Crippen molar-refractivity contribution in [2.45, 2.75) is 26.1 Å². The van der Waals surface area contributed by atoms with Gasteiger partial charge in [0.05, 0.1) is 11.6 Å². The summed E-state index contributed by atoms with van der Waals surface area (Å²) in [4.78, 5) is 24.5. The van der Waals surface area contributed by atoms with Gasteiger partial charge >= 0.3 is 5.97 Å². The molecule has 0 fully saturated rings. The molecule has 1 heterocycles. The molecule has 0 aliphatic carbocycles. The van der Waals surface area contributed by atoms with E-state index >= 15 is 0 Å². The molecule has 8 nitrogen and oxygen atoms in total. The smallest absolute Gasteiger partial charge is 0.347 e. The highest BCUT2D eigenvalue weighted by molar-refractivity contribution is 5.95. The van der Waals surface area contributed by atoms with Gasteiger partial charge in [0, 0.05) is 11.8 Å². The molecule has 0 unspecified atom stereocenters. The molecular formula is C21H20N2O6. The number of esters is 1. The number of carbonyl (C=O) groups is 2. The number of amides is 1. The van der Waals surface area contributed by atoms with Crippen molar-refractivity contribution < 1.29 is 28.5 Å². The van der Waals surface area contributed by atoms with Gasteiger partial charge in [-0.15, -0.1) is 0 Å². The highest BCUT2D eigenvalue weighted by Gasteiger charge is 2.24. The number of benzene rings is 2. The van der Waals surface area contributed by atoms with E-state index in [1.807, 2.05) is 6.07 Å². The van der Waals surface area contributed by atoms with Crippen LogP contribution in [0, 0.1) is 11.3 Å². The minimum atomic E-state index is -1.03. The highest BCUT2D eigenvalue weighted by atomic mass is 16.6. The molecule has 3 rings (SSSR count). The number of hydrogen-bond donors (Lipinski definition) is 1. The Hall–Kier alpha value is -3.73. The van der Waals surface area contributed by atoms with Gasteiger partial charge in [-0.1, -0.05) is 0 Å². The third-order valence-electron chi connectivity index (χ3n) is 4.10. The first-order chi connectivity index (χ1) is 14.0. The molecule has 0 radical (unpaired) electrons. The first kappa shape index (κ1) is 20.0. The van der Waals surface area contributed by atoms with Crippen molar-refractivity contribution in [1.29, 1.82) is 5.26 Å². The van der Waals surface area contributed by atoms with Crippen LogP contribution in [0.15, 0.2) is 42.5 Å². The molecule has 1 aliphatic heterocycles. The first-order valence-corrected chi connectivity index (χ1v) is 9.04. The standard InChI is InChI=1S/C21H20N2O6/c1-13(20(24)23-16-5-8-18-19(11-16)27-10-9-26-18)29-21(25)14(2)28-17-6-3-15(12-22)4-7-17/h3-8,11,13-14H,9-10H2,1-2H3,(H,23,24)/t13-,14-/m1/s1. The second kappa shape index (κ2) is 8.97. The van der Waals surface area contributed by atoms with E-state index in [4.69, 9.17) is 24.2 Å². The Balaban J connectivity index is 1.52. The molecule has 2 atom stereocenters. The fourth-order valence-corrected chi connectivity index (χ4v) is 2.55. The zero-order valence-corrected chi connectivity index (χ0v) is 16.0. The zero-order chi connectivity index (χ0) is 20.8. The average Bonchev–Trinajstić information content (AvgIpc) is 2.74. The van der Waals surface area contributed by atoms with Crippen LogP contribution >= 0.6 is 0 Å². The van der Waals surface area contributed by atoms with Crippen LogP contribution in [0.25, 0.3) is 0 Å². The predicted octanol–water partition coefficient (Wildman–Crippen LogP) is 2.67. The normalized spacial score (nSPS) is 14.1. The Kier molecular flexibility index (Phi) is 6.19. The Bertz CT molecular complexity index is 935. The maximum Gasteiger partial charge on any atom is 0.347 e. The molecule has 0 spiro atoms. The Morgan fingerprint density at radius 2 is 1.72 bits per heavy atom. The quantitative estimate of drug-likeness (QED) is 0.748. The predicted molar refractivity (Wildman–Crippen MR) is 103 cm³/mol. The summed E-state index contributed by atoms with van der Waals surface area (Å²) in [6.07, 6.45) is -1.95. The average molecular weight is 396 g/mol. The summed E-state index contributed by atoms with van der Waals surface area (Å²) in [5.41, 5.74) is 0.987. The molecule has 0 saturated heterocycles. The third kappa shape index (κ3) is 5.17. The van der Waals surface area contributed by atoms with Gasteiger partial charge in [0.25, 0.3) is 5.91 Å². The Morgan fingerprint density at radius 1 is 1.03 bits per heavy atom. The lowest BCUT2D eigenvalue weighted by Gasteiger charge is -2.20. The van der Waals surface area contributed by atoms with Crippen LogP contribution in [-0.2, 0) is 14.3 Å². The zero-order valence-electron chi connectivity index (χ0n) is 16.0. The van der Waals surface area contributed by atoms with Gasteiger partial charge in [-0.2, -0.15) is 5.26 Å². The summed E-state index contributed by atoms with van der Waals surface area (Å²) in [5.74, 6) is 0.409. The van der Waals surface area contributed by atoms with Crippen LogP contribution < -0.4 is 19.5 Å². The molecule has 2 aromatic carbocycles. The van der Waals surface area contributed by atoms with Crippen LogP contribution in [0.3, 0.4) is 0 Å². The number of rotatable bonds is 6. The summed E-state index contributed by atoms with van der Waals surface area (Å²) >= 11 is 0. The topological polar surface area (TPSA) is 107 Å². The van der Waals surface area contributed by atoms with Gasteiger partial charge in [0.15, 0.2) is 23.7 Å². The summed E-state index contributed by atoms with van der Waals surface area (Å²) in [7, 11) is 0. The van der Waals surface area contributed by atoms with Gasteiger partial charge in [-0.3, -0.25) is 4.79 Å².